The Hall–Kier alpha value is -4.06. The second-order valence-electron chi connectivity index (χ2n) is 15.6. The van der Waals surface area contributed by atoms with Crippen LogP contribution < -0.4 is 0 Å². The number of hydrogen-bond acceptors (Lipinski definition) is 4. The first-order valence-corrected chi connectivity index (χ1v) is 21.4. The maximum atomic E-state index is 4.79. The molecule has 0 atom stereocenters. The monoisotopic (exact) mass is 713 g/mol. The quantitative estimate of drug-likeness (QED) is 0.0554. The van der Waals surface area contributed by atoms with E-state index in [1.165, 1.54) is 167 Å². The molecule has 0 amide bonds. The summed E-state index contributed by atoms with van der Waals surface area (Å²) in [6.45, 7) is 4.59. The molecule has 0 fully saturated rings. The van der Waals surface area contributed by atoms with Crippen LogP contribution in [0.2, 0.25) is 0 Å². The lowest BCUT2D eigenvalue weighted by Gasteiger charge is -2.11. The Morgan fingerprint density at radius 2 is 1.06 bits per heavy atom. The van der Waals surface area contributed by atoms with Crippen LogP contribution in [0.1, 0.15) is 165 Å². The number of nitrogens with zero attached hydrogens (tertiary/aromatic N) is 6. The van der Waals surface area contributed by atoms with Gasteiger partial charge < -0.3 is 0 Å². The summed E-state index contributed by atoms with van der Waals surface area (Å²) in [5.74, 6) is 0. The number of rotatable bonds is 25. The molecule has 0 saturated heterocycles. The molecule has 6 rings (SSSR count). The van der Waals surface area contributed by atoms with Crippen molar-refractivity contribution in [3.63, 3.8) is 0 Å². The van der Waals surface area contributed by atoms with Gasteiger partial charge in [0, 0.05) is 5.56 Å². The van der Waals surface area contributed by atoms with Crippen LogP contribution in [-0.4, -0.2) is 30.0 Å². The van der Waals surface area contributed by atoms with E-state index in [0.29, 0.717) is 0 Å². The third kappa shape index (κ3) is 11.2. The van der Waals surface area contributed by atoms with Gasteiger partial charge in [-0.15, -0.1) is 10.2 Å². The molecule has 6 heteroatoms. The Balaban J connectivity index is 1.08. The Bertz CT molecular complexity index is 1800. The van der Waals surface area contributed by atoms with Crippen LogP contribution in [-0.2, 0) is 19.3 Å². The summed E-state index contributed by atoms with van der Waals surface area (Å²) in [6, 6.07) is 20.5. The molecule has 2 aromatic heterocycles. The molecule has 1 aliphatic carbocycles. The van der Waals surface area contributed by atoms with E-state index in [1.54, 1.807) is 6.20 Å². The molecule has 0 unspecified atom stereocenters. The van der Waals surface area contributed by atoms with Gasteiger partial charge in [-0.2, -0.15) is 0 Å². The minimum atomic E-state index is 0.895. The van der Waals surface area contributed by atoms with E-state index >= 15 is 0 Å². The minimum Gasteiger partial charge on any atom is -0.221 e. The molecule has 53 heavy (non-hydrogen) atoms. The fourth-order valence-electron chi connectivity index (χ4n) is 8.18. The van der Waals surface area contributed by atoms with Gasteiger partial charge in [0.25, 0.3) is 0 Å². The second-order valence-corrected chi connectivity index (χ2v) is 15.6. The van der Waals surface area contributed by atoms with Gasteiger partial charge in [0.2, 0.25) is 0 Å². The SMILES string of the molecule is CCCCCCCCCCCCc1ccc(CCCCCCCCCCCC)c(-c2cn(-c3ccc4c(c3)Cc3cc(-n5ccnn5)ccc3-4)nn2)c1. The summed E-state index contributed by atoms with van der Waals surface area (Å²) >= 11 is 0. The molecule has 2 heterocycles. The van der Waals surface area contributed by atoms with Crippen LogP contribution in [0.25, 0.3) is 33.8 Å². The third-order valence-electron chi connectivity index (χ3n) is 11.4. The first-order valence-electron chi connectivity index (χ1n) is 21.4. The Labute approximate surface area is 319 Å². The van der Waals surface area contributed by atoms with E-state index in [2.05, 4.69) is 90.2 Å². The Morgan fingerprint density at radius 3 is 1.62 bits per heavy atom. The standard InChI is InChI=1S/C47H64N6/c1-3-5-7-9-11-13-15-17-19-21-23-38-25-26-39(24-22-20-18-16-14-12-10-8-6-4-2)46(33-38)47-37-53(51-49-47)43-28-30-45-41(36-43)34-40-35-42(27-29-44(40)45)52-32-31-48-50-52/h25-33,35-37H,3-24,34H2,1-2H3. The highest BCUT2D eigenvalue weighted by molar-refractivity contribution is 5.79. The van der Waals surface area contributed by atoms with Crippen molar-refractivity contribution in [2.24, 2.45) is 0 Å². The molecule has 0 radical (unpaired) electrons. The van der Waals surface area contributed by atoms with Crippen LogP contribution in [0, 0.1) is 0 Å². The Morgan fingerprint density at radius 1 is 0.509 bits per heavy atom. The molecule has 0 bridgehead atoms. The maximum Gasteiger partial charge on any atom is 0.113 e. The lowest BCUT2D eigenvalue weighted by atomic mass is 9.94. The molecule has 0 saturated carbocycles. The summed E-state index contributed by atoms with van der Waals surface area (Å²) in [7, 11) is 0. The zero-order valence-corrected chi connectivity index (χ0v) is 32.9. The van der Waals surface area contributed by atoms with Crippen LogP contribution >= 0.6 is 0 Å². The molecule has 0 N–H and O–H groups in total. The molecule has 1 aliphatic rings. The zero-order chi connectivity index (χ0) is 36.5. The van der Waals surface area contributed by atoms with Crippen molar-refractivity contribution < 1.29 is 0 Å². The number of fused-ring (bicyclic) bond motifs is 3. The molecule has 0 spiro atoms. The normalized spacial score (nSPS) is 12.0. The third-order valence-corrected chi connectivity index (χ3v) is 11.4. The van der Waals surface area contributed by atoms with Crippen molar-refractivity contribution >= 4 is 0 Å². The number of hydrogen-bond donors (Lipinski definition) is 0. The van der Waals surface area contributed by atoms with Crippen LogP contribution in [0.4, 0.5) is 0 Å². The predicted molar refractivity (Wildman–Crippen MR) is 221 cm³/mol. The van der Waals surface area contributed by atoms with Crippen molar-refractivity contribution in [1.29, 1.82) is 0 Å². The van der Waals surface area contributed by atoms with Crippen LogP contribution in [0.3, 0.4) is 0 Å². The Kier molecular flexibility index (Phi) is 15.3. The van der Waals surface area contributed by atoms with Gasteiger partial charge in [0.15, 0.2) is 0 Å². The van der Waals surface area contributed by atoms with E-state index in [9.17, 15) is 0 Å². The van der Waals surface area contributed by atoms with Crippen molar-refractivity contribution in [3.8, 4) is 33.8 Å². The van der Waals surface area contributed by atoms with E-state index in [-0.39, 0.29) is 0 Å². The first kappa shape index (κ1) is 38.7. The summed E-state index contributed by atoms with van der Waals surface area (Å²) in [5, 5.41) is 17.6. The van der Waals surface area contributed by atoms with Crippen LogP contribution in [0.15, 0.2) is 73.2 Å². The van der Waals surface area contributed by atoms with Gasteiger partial charge >= 0.3 is 0 Å². The van der Waals surface area contributed by atoms with Gasteiger partial charge in [-0.05, 0) is 95.8 Å². The molecule has 0 aliphatic heterocycles. The highest BCUT2D eigenvalue weighted by Gasteiger charge is 2.20. The fraction of sp³-hybridized carbons (Fsp3) is 0.532. The van der Waals surface area contributed by atoms with Crippen molar-refractivity contribution in [2.75, 3.05) is 0 Å². The van der Waals surface area contributed by atoms with Gasteiger partial charge in [0.1, 0.15) is 5.69 Å². The molecule has 3 aromatic carbocycles. The van der Waals surface area contributed by atoms with Crippen molar-refractivity contribution in [2.45, 2.75) is 162 Å². The number of aromatic nitrogens is 6. The molecular weight excluding hydrogens is 649 g/mol. The molecule has 6 nitrogen and oxygen atoms in total. The highest BCUT2D eigenvalue weighted by Crippen LogP contribution is 2.38. The lowest BCUT2D eigenvalue weighted by Crippen LogP contribution is -1.96. The number of benzene rings is 3. The molecule has 282 valence electrons. The summed E-state index contributed by atoms with van der Waals surface area (Å²) < 4.78 is 3.79. The zero-order valence-electron chi connectivity index (χ0n) is 32.9. The average Bonchev–Trinajstić information content (AvgIpc) is 3.97. The van der Waals surface area contributed by atoms with Gasteiger partial charge in [-0.3, -0.25) is 0 Å². The van der Waals surface area contributed by atoms with Crippen molar-refractivity contribution in [3.05, 3.63) is 95.4 Å². The smallest absolute Gasteiger partial charge is 0.113 e. The fourth-order valence-corrected chi connectivity index (χ4v) is 8.18. The summed E-state index contributed by atoms with van der Waals surface area (Å²) in [6.07, 6.45) is 36.2. The average molecular weight is 713 g/mol. The lowest BCUT2D eigenvalue weighted by molar-refractivity contribution is 0.556. The first-order chi connectivity index (χ1) is 26.2. The van der Waals surface area contributed by atoms with Crippen molar-refractivity contribution in [1.82, 2.24) is 30.0 Å². The second kappa shape index (κ2) is 21.0. The number of aryl methyl sites for hydroxylation is 2. The molecular formula is C47H64N6. The largest absolute Gasteiger partial charge is 0.221 e. The minimum absolute atomic E-state index is 0.895. The van der Waals surface area contributed by atoms with Gasteiger partial charge in [-0.1, -0.05) is 164 Å². The van der Waals surface area contributed by atoms with E-state index in [1.807, 2.05) is 15.6 Å². The van der Waals surface area contributed by atoms with Crippen LogP contribution in [0.5, 0.6) is 0 Å². The van der Waals surface area contributed by atoms with Gasteiger partial charge in [-0.25, -0.2) is 9.36 Å². The predicted octanol–water partition coefficient (Wildman–Crippen LogP) is 13.0. The van der Waals surface area contributed by atoms with E-state index in [0.717, 1.165) is 36.3 Å². The highest BCUT2D eigenvalue weighted by atomic mass is 15.4. The maximum absolute atomic E-state index is 4.79. The van der Waals surface area contributed by atoms with E-state index in [4.69, 9.17) is 5.10 Å². The number of unbranched alkanes of at least 4 members (excludes halogenated alkanes) is 18. The topological polar surface area (TPSA) is 61.4 Å². The summed E-state index contributed by atoms with van der Waals surface area (Å²) in [4.78, 5) is 0. The molecule has 5 aromatic rings. The summed E-state index contributed by atoms with van der Waals surface area (Å²) in [5.41, 5.74) is 12.4. The van der Waals surface area contributed by atoms with Gasteiger partial charge in [0.05, 0.1) is 30.0 Å². The van der Waals surface area contributed by atoms with E-state index < -0.39 is 0 Å².